The van der Waals surface area contributed by atoms with Gasteiger partial charge in [-0.2, -0.15) is 0 Å². The van der Waals surface area contributed by atoms with Gasteiger partial charge in [0.2, 0.25) is 11.8 Å². The Morgan fingerprint density at radius 2 is 2.00 bits per heavy atom. The van der Waals surface area contributed by atoms with E-state index in [0.717, 1.165) is 5.56 Å². The molecule has 2 aliphatic rings. The predicted molar refractivity (Wildman–Crippen MR) is 110 cm³/mol. The van der Waals surface area contributed by atoms with Gasteiger partial charge < -0.3 is 14.7 Å². The number of amides is 3. The zero-order valence-electron chi connectivity index (χ0n) is 16.9. The highest BCUT2D eigenvalue weighted by atomic mass is 16.5. The smallest absolute Gasteiger partial charge is 0.255 e. The zero-order valence-corrected chi connectivity index (χ0v) is 16.9. The Balaban J connectivity index is 1.31. The highest BCUT2D eigenvalue weighted by Gasteiger charge is 2.39. The molecule has 2 N–H and O–H groups in total. The molecule has 1 saturated heterocycles. The third kappa shape index (κ3) is 3.55. The first kappa shape index (κ1) is 19.7. The second-order valence-electron chi connectivity index (χ2n) is 7.65. The summed E-state index contributed by atoms with van der Waals surface area (Å²) in [5.74, 6) is -0.616. The highest BCUT2D eigenvalue weighted by Crippen LogP contribution is 2.29. The third-order valence-corrected chi connectivity index (χ3v) is 5.56. The van der Waals surface area contributed by atoms with Gasteiger partial charge in [0.15, 0.2) is 11.5 Å². The van der Waals surface area contributed by atoms with Crippen LogP contribution in [0.1, 0.15) is 34.5 Å². The molecule has 10 nitrogen and oxygen atoms in total. The van der Waals surface area contributed by atoms with Crippen molar-refractivity contribution in [2.45, 2.75) is 32.0 Å². The molecule has 32 heavy (non-hydrogen) atoms. The number of imide groups is 1. The number of hydrogen-bond donors (Lipinski definition) is 2. The Bertz CT molecular complexity index is 1240. The minimum absolute atomic E-state index is 0.0394. The molecule has 3 aromatic rings. The zero-order chi connectivity index (χ0) is 22.2. The number of nitrogens with one attached hydrogen (secondary N) is 1. The lowest BCUT2D eigenvalue weighted by molar-refractivity contribution is -0.136. The first-order valence-electron chi connectivity index (χ1n) is 10.1. The van der Waals surface area contributed by atoms with Crippen molar-refractivity contribution in [1.29, 1.82) is 0 Å². The number of piperidine rings is 1. The SMILES string of the molecule is O=C1CCC(N2Cc3ccc(-n4cc(COc5ccccc5O)nn4)cc3C2=O)C(=O)N1. The Morgan fingerprint density at radius 3 is 2.81 bits per heavy atom. The van der Waals surface area contributed by atoms with Crippen LogP contribution in [0.15, 0.2) is 48.7 Å². The van der Waals surface area contributed by atoms with Crippen LogP contribution in [-0.4, -0.2) is 48.8 Å². The van der Waals surface area contributed by atoms with Gasteiger partial charge >= 0.3 is 0 Å². The first-order valence-corrected chi connectivity index (χ1v) is 10.1. The van der Waals surface area contributed by atoms with Crippen molar-refractivity contribution in [3.05, 3.63) is 65.5 Å². The van der Waals surface area contributed by atoms with Gasteiger partial charge in [0.1, 0.15) is 18.3 Å². The third-order valence-electron chi connectivity index (χ3n) is 5.56. The van der Waals surface area contributed by atoms with Crippen molar-refractivity contribution in [2.75, 3.05) is 0 Å². The quantitative estimate of drug-likeness (QED) is 0.581. The number of phenols is 1. The van der Waals surface area contributed by atoms with Crippen LogP contribution in [-0.2, 0) is 22.7 Å². The molecular weight excluding hydrogens is 414 g/mol. The molecule has 0 aliphatic carbocycles. The van der Waals surface area contributed by atoms with E-state index in [1.54, 1.807) is 30.5 Å². The van der Waals surface area contributed by atoms with Crippen LogP contribution in [0.3, 0.4) is 0 Å². The number of ether oxygens (including phenoxy) is 1. The lowest BCUT2D eigenvalue weighted by Gasteiger charge is -2.29. The van der Waals surface area contributed by atoms with Gasteiger partial charge in [0.25, 0.3) is 5.91 Å². The van der Waals surface area contributed by atoms with Crippen LogP contribution in [0.5, 0.6) is 11.5 Å². The monoisotopic (exact) mass is 433 g/mol. The van der Waals surface area contributed by atoms with E-state index >= 15 is 0 Å². The molecule has 3 amide bonds. The van der Waals surface area contributed by atoms with Gasteiger partial charge in [-0.3, -0.25) is 19.7 Å². The molecule has 1 fully saturated rings. The molecule has 162 valence electrons. The van der Waals surface area contributed by atoms with Gasteiger partial charge in [-0.25, -0.2) is 4.68 Å². The van der Waals surface area contributed by atoms with Crippen LogP contribution < -0.4 is 10.1 Å². The number of nitrogens with zero attached hydrogens (tertiary/aromatic N) is 4. The maximum atomic E-state index is 13.0. The maximum Gasteiger partial charge on any atom is 0.255 e. The molecule has 0 bridgehead atoms. The van der Waals surface area contributed by atoms with E-state index in [4.69, 9.17) is 4.74 Å². The standard InChI is InChI=1S/C22H19N5O5/c28-18-3-1-2-4-19(18)32-12-14-11-27(25-24-14)15-6-5-13-10-26(22(31)16(13)9-15)17-7-8-20(29)23-21(17)30/h1-6,9,11,17,28H,7-8,10,12H2,(H,23,29,30). The number of fused-ring (bicyclic) bond motifs is 1. The summed E-state index contributed by atoms with van der Waals surface area (Å²) in [4.78, 5) is 38.1. The number of phenolic OH excluding ortho intramolecular Hbond substituents is 1. The number of benzene rings is 2. The fourth-order valence-electron chi connectivity index (χ4n) is 3.91. The molecule has 5 rings (SSSR count). The van der Waals surface area contributed by atoms with Crippen LogP contribution in [0.2, 0.25) is 0 Å². The predicted octanol–water partition coefficient (Wildman–Crippen LogP) is 1.31. The molecule has 0 radical (unpaired) electrons. The van der Waals surface area contributed by atoms with Gasteiger partial charge in [-0.1, -0.05) is 23.4 Å². The van der Waals surface area contributed by atoms with Crippen LogP contribution in [0.25, 0.3) is 5.69 Å². The van der Waals surface area contributed by atoms with E-state index in [1.807, 2.05) is 12.1 Å². The average molecular weight is 433 g/mol. The number of para-hydroxylation sites is 2. The highest BCUT2D eigenvalue weighted by molar-refractivity contribution is 6.05. The summed E-state index contributed by atoms with van der Waals surface area (Å²) in [6, 6.07) is 11.4. The number of aromatic nitrogens is 3. The first-order chi connectivity index (χ1) is 15.5. The Hall–Kier alpha value is -4.21. The Kier molecular flexibility index (Phi) is 4.81. The van der Waals surface area contributed by atoms with Crippen molar-refractivity contribution in [2.24, 2.45) is 0 Å². The minimum Gasteiger partial charge on any atom is -0.504 e. The molecular formula is C22H19N5O5. The summed E-state index contributed by atoms with van der Waals surface area (Å²) in [5, 5.41) is 20.3. The largest absolute Gasteiger partial charge is 0.504 e. The minimum atomic E-state index is -0.652. The van der Waals surface area contributed by atoms with Crippen molar-refractivity contribution < 1.29 is 24.2 Å². The van der Waals surface area contributed by atoms with Crippen LogP contribution in [0, 0.1) is 0 Å². The van der Waals surface area contributed by atoms with Crippen molar-refractivity contribution in [1.82, 2.24) is 25.2 Å². The summed E-state index contributed by atoms with van der Waals surface area (Å²) >= 11 is 0. The van der Waals surface area contributed by atoms with Gasteiger partial charge in [-0.05, 0) is 36.2 Å². The lowest BCUT2D eigenvalue weighted by Crippen LogP contribution is -2.52. The van der Waals surface area contributed by atoms with Crippen molar-refractivity contribution >= 4 is 17.7 Å². The number of aromatic hydroxyl groups is 1. The van der Waals surface area contributed by atoms with E-state index < -0.39 is 11.9 Å². The molecule has 1 unspecified atom stereocenters. The van der Waals surface area contributed by atoms with E-state index in [-0.39, 0.29) is 30.6 Å². The maximum absolute atomic E-state index is 13.0. The Morgan fingerprint density at radius 1 is 1.16 bits per heavy atom. The summed E-state index contributed by atoms with van der Waals surface area (Å²) in [5.41, 5.74) is 2.50. The lowest BCUT2D eigenvalue weighted by atomic mass is 10.0. The van der Waals surface area contributed by atoms with Gasteiger partial charge in [-0.15, -0.1) is 5.10 Å². The summed E-state index contributed by atoms with van der Waals surface area (Å²) in [6.45, 7) is 0.433. The molecule has 0 spiro atoms. The summed E-state index contributed by atoms with van der Waals surface area (Å²) in [7, 11) is 0. The van der Waals surface area contributed by atoms with Crippen molar-refractivity contribution in [3.8, 4) is 17.2 Å². The number of rotatable bonds is 5. The fraction of sp³-hybridized carbons (Fsp3) is 0.227. The van der Waals surface area contributed by atoms with Crippen LogP contribution >= 0.6 is 0 Å². The van der Waals surface area contributed by atoms with E-state index in [0.29, 0.717) is 35.7 Å². The topological polar surface area (TPSA) is 127 Å². The summed E-state index contributed by atoms with van der Waals surface area (Å²) in [6.07, 6.45) is 2.21. The molecule has 1 aromatic heterocycles. The molecule has 1 atom stereocenters. The molecule has 3 heterocycles. The van der Waals surface area contributed by atoms with Gasteiger partial charge in [0.05, 0.1) is 11.9 Å². The molecule has 0 saturated carbocycles. The average Bonchev–Trinajstić information content (AvgIpc) is 3.38. The second-order valence-corrected chi connectivity index (χ2v) is 7.65. The van der Waals surface area contributed by atoms with Gasteiger partial charge in [0, 0.05) is 18.5 Å². The van der Waals surface area contributed by atoms with E-state index in [9.17, 15) is 19.5 Å². The van der Waals surface area contributed by atoms with E-state index in [1.165, 1.54) is 15.6 Å². The molecule has 2 aromatic carbocycles. The fourth-order valence-corrected chi connectivity index (χ4v) is 3.91. The molecule has 2 aliphatic heterocycles. The van der Waals surface area contributed by atoms with Crippen molar-refractivity contribution in [3.63, 3.8) is 0 Å². The summed E-state index contributed by atoms with van der Waals surface area (Å²) < 4.78 is 7.11. The second kappa shape index (κ2) is 7.80. The number of carbonyl (C=O) groups is 3. The number of carbonyl (C=O) groups excluding carboxylic acids is 3. The molecule has 10 heteroatoms. The van der Waals surface area contributed by atoms with Crippen LogP contribution in [0.4, 0.5) is 0 Å². The normalized spacial score (nSPS) is 17.9. The van der Waals surface area contributed by atoms with E-state index in [2.05, 4.69) is 15.6 Å². The number of hydrogen-bond acceptors (Lipinski definition) is 7. The Labute approximate surface area is 182 Å².